The predicted octanol–water partition coefficient (Wildman–Crippen LogP) is 2.32. The molecule has 1 N–H and O–H groups in total. The third-order valence-electron chi connectivity index (χ3n) is 2.80. The normalized spacial score (nSPS) is 12.7. The Morgan fingerprint density at radius 3 is 3.00 bits per heavy atom. The number of nitrogens with zero attached hydrogens (tertiary/aromatic N) is 2. The zero-order valence-corrected chi connectivity index (χ0v) is 10.6. The molecule has 0 atom stereocenters. The molecule has 1 aliphatic rings. The van der Waals surface area contributed by atoms with Crippen molar-refractivity contribution in [2.75, 3.05) is 11.9 Å². The largest absolute Gasteiger partial charge is 0.493 e. The molecular weight excluding hydrogens is 266 g/mol. The zero-order chi connectivity index (χ0) is 13.2. The first-order valence-corrected chi connectivity index (χ1v) is 6.15. The zero-order valence-electron chi connectivity index (χ0n) is 9.89. The van der Waals surface area contributed by atoms with Crippen molar-refractivity contribution < 1.29 is 9.53 Å². The highest BCUT2D eigenvalue weighted by atomic mass is 35.5. The maximum absolute atomic E-state index is 11.9. The number of rotatable bonds is 2. The first-order chi connectivity index (χ1) is 9.22. The predicted molar refractivity (Wildman–Crippen MR) is 70.6 cm³/mol. The smallest absolute Gasteiger partial charge is 0.275 e. The monoisotopic (exact) mass is 275 g/mol. The van der Waals surface area contributed by atoms with E-state index in [-0.39, 0.29) is 16.8 Å². The van der Waals surface area contributed by atoms with Crippen LogP contribution in [-0.2, 0) is 6.42 Å². The van der Waals surface area contributed by atoms with Gasteiger partial charge in [-0.05, 0) is 23.8 Å². The Kier molecular flexibility index (Phi) is 3.05. The molecule has 1 aliphatic heterocycles. The highest BCUT2D eigenvalue weighted by molar-refractivity contribution is 6.29. The maximum atomic E-state index is 11.9. The molecule has 1 aromatic carbocycles. The molecule has 0 fully saturated rings. The molecule has 5 nitrogen and oxygen atoms in total. The molecule has 96 valence electrons. The van der Waals surface area contributed by atoms with E-state index < -0.39 is 0 Å². The van der Waals surface area contributed by atoms with Gasteiger partial charge in [0.1, 0.15) is 16.6 Å². The number of hydrogen-bond donors (Lipinski definition) is 1. The van der Waals surface area contributed by atoms with Crippen LogP contribution in [0.5, 0.6) is 5.75 Å². The van der Waals surface area contributed by atoms with Gasteiger partial charge in [-0.2, -0.15) is 0 Å². The topological polar surface area (TPSA) is 64.1 Å². The number of halogens is 1. The average molecular weight is 276 g/mol. The van der Waals surface area contributed by atoms with Crippen molar-refractivity contribution in [2.45, 2.75) is 6.42 Å². The molecule has 6 heteroatoms. The van der Waals surface area contributed by atoms with Crippen LogP contribution in [0.1, 0.15) is 16.1 Å². The van der Waals surface area contributed by atoms with Crippen LogP contribution in [0.3, 0.4) is 0 Å². The third-order valence-corrected chi connectivity index (χ3v) is 3.00. The quantitative estimate of drug-likeness (QED) is 0.913. The Balaban J connectivity index is 1.77. The molecule has 0 saturated heterocycles. The summed E-state index contributed by atoms with van der Waals surface area (Å²) in [5.74, 6) is 0.562. The lowest BCUT2D eigenvalue weighted by Crippen LogP contribution is -2.13. The van der Waals surface area contributed by atoms with Gasteiger partial charge < -0.3 is 10.1 Å². The first-order valence-electron chi connectivity index (χ1n) is 5.77. The Morgan fingerprint density at radius 1 is 1.32 bits per heavy atom. The van der Waals surface area contributed by atoms with Crippen LogP contribution in [0.15, 0.2) is 30.6 Å². The van der Waals surface area contributed by atoms with Crippen LogP contribution < -0.4 is 10.1 Å². The molecule has 0 bridgehead atoms. The van der Waals surface area contributed by atoms with E-state index in [1.54, 1.807) is 6.07 Å². The van der Waals surface area contributed by atoms with Crippen LogP contribution in [0.2, 0.25) is 5.15 Å². The number of carbonyl (C=O) groups is 1. The lowest BCUT2D eigenvalue weighted by atomic mass is 10.1. The average Bonchev–Trinajstić information content (AvgIpc) is 2.87. The highest BCUT2D eigenvalue weighted by Crippen LogP contribution is 2.27. The number of benzene rings is 1. The summed E-state index contributed by atoms with van der Waals surface area (Å²) < 4.78 is 5.41. The molecule has 0 aliphatic carbocycles. The fourth-order valence-corrected chi connectivity index (χ4v) is 1.99. The van der Waals surface area contributed by atoms with Gasteiger partial charge in [0.15, 0.2) is 0 Å². The molecule has 0 unspecified atom stereocenters. The minimum atomic E-state index is -0.317. The van der Waals surface area contributed by atoms with E-state index in [0.717, 1.165) is 17.7 Å². The van der Waals surface area contributed by atoms with Crippen molar-refractivity contribution in [3.8, 4) is 5.75 Å². The van der Waals surface area contributed by atoms with E-state index in [2.05, 4.69) is 15.3 Å². The molecule has 2 heterocycles. The number of carbonyl (C=O) groups excluding carboxylic acids is 1. The summed E-state index contributed by atoms with van der Waals surface area (Å²) in [5, 5.41) is 3.02. The summed E-state index contributed by atoms with van der Waals surface area (Å²) in [4.78, 5) is 19.7. The Morgan fingerprint density at radius 2 is 2.21 bits per heavy atom. The van der Waals surface area contributed by atoms with Gasteiger partial charge in [-0.3, -0.25) is 4.79 Å². The van der Waals surface area contributed by atoms with Gasteiger partial charge in [-0.1, -0.05) is 11.6 Å². The van der Waals surface area contributed by atoms with Crippen molar-refractivity contribution in [3.63, 3.8) is 0 Å². The molecule has 1 amide bonds. The van der Waals surface area contributed by atoms with Crippen molar-refractivity contribution >= 4 is 23.2 Å². The van der Waals surface area contributed by atoms with Crippen LogP contribution in [0, 0.1) is 0 Å². The molecule has 1 aromatic heterocycles. The summed E-state index contributed by atoms with van der Waals surface area (Å²) >= 11 is 5.62. The van der Waals surface area contributed by atoms with E-state index >= 15 is 0 Å². The highest BCUT2D eigenvalue weighted by Gasteiger charge is 2.14. The van der Waals surface area contributed by atoms with E-state index in [4.69, 9.17) is 16.3 Å². The first kappa shape index (κ1) is 11.9. The van der Waals surface area contributed by atoms with Crippen molar-refractivity contribution in [1.82, 2.24) is 9.97 Å². The number of ether oxygens (including phenoxy) is 1. The molecule has 0 radical (unpaired) electrons. The van der Waals surface area contributed by atoms with Crippen LogP contribution in [-0.4, -0.2) is 22.5 Å². The minimum absolute atomic E-state index is 0.223. The molecule has 19 heavy (non-hydrogen) atoms. The molecule has 0 saturated carbocycles. The van der Waals surface area contributed by atoms with E-state index in [1.165, 1.54) is 12.4 Å². The lowest BCUT2D eigenvalue weighted by molar-refractivity contribution is 0.102. The van der Waals surface area contributed by atoms with Gasteiger partial charge in [0.25, 0.3) is 5.91 Å². The lowest BCUT2D eigenvalue weighted by Gasteiger charge is -2.06. The summed E-state index contributed by atoms with van der Waals surface area (Å²) in [6, 6.07) is 5.56. The molecule has 0 spiro atoms. The van der Waals surface area contributed by atoms with Crippen LogP contribution in [0.25, 0.3) is 0 Å². The van der Waals surface area contributed by atoms with Gasteiger partial charge in [-0.15, -0.1) is 0 Å². The Labute approximate surface area is 114 Å². The summed E-state index contributed by atoms with van der Waals surface area (Å²) in [5.41, 5.74) is 2.03. The number of fused-ring (bicyclic) bond motifs is 1. The Bertz CT molecular complexity index is 628. The van der Waals surface area contributed by atoms with Gasteiger partial charge in [-0.25, -0.2) is 9.97 Å². The van der Waals surface area contributed by atoms with Crippen LogP contribution in [0.4, 0.5) is 5.69 Å². The molecule has 3 rings (SSSR count). The fraction of sp³-hybridized carbons (Fsp3) is 0.154. The standard InChI is InChI=1S/C13H10ClN3O2/c14-12-7-15-10(6-16-12)13(18)17-9-1-2-11-8(5-9)3-4-19-11/h1-2,5-7H,3-4H2,(H,17,18). The summed E-state index contributed by atoms with van der Waals surface area (Å²) in [6.07, 6.45) is 3.54. The van der Waals surface area contributed by atoms with Crippen molar-refractivity contribution in [1.29, 1.82) is 0 Å². The van der Waals surface area contributed by atoms with Crippen molar-refractivity contribution in [2.24, 2.45) is 0 Å². The van der Waals surface area contributed by atoms with Gasteiger partial charge in [0.05, 0.1) is 19.0 Å². The Hall–Kier alpha value is -2.14. The van der Waals surface area contributed by atoms with Crippen molar-refractivity contribution in [3.05, 3.63) is 47.0 Å². The summed E-state index contributed by atoms with van der Waals surface area (Å²) in [7, 11) is 0. The third kappa shape index (κ3) is 2.51. The van der Waals surface area contributed by atoms with Crippen LogP contribution >= 0.6 is 11.6 Å². The number of hydrogen-bond acceptors (Lipinski definition) is 4. The molecular formula is C13H10ClN3O2. The number of amides is 1. The van der Waals surface area contributed by atoms with Gasteiger partial charge in [0, 0.05) is 12.1 Å². The molecule has 2 aromatic rings. The van der Waals surface area contributed by atoms with E-state index in [1.807, 2.05) is 12.1 Å². The number of aromatic nitrogens is 2. The maximum Gasteiger partial charge on any atom is 0.275 e. The SMILES string of the molecule is O=C(Nc1ccc2c(c1)CCO2)c1cnc(Cl)cn1. The second-order valence-electron chi connectivity index (χ2n) is 4.10. The van der Waals surface area contributed by atoms with Gasteiger partial charge >= 0.3 is 0 Å². The minimum Gasteiger partial charge on any atom is -0.493 e. The number of anilines is 1. The number of nitrogens with one attached hydrogen (secondary N) is 1. The van der Waals surface area contributed by atoms with Gasteiger partial charge in [0.2, 0.25) is 0 Å². The second-order valence-corrected chi connectivity index (χ2v) is 4.49. The van der Waals surface area contributed by atoms with E-state index in [0.29, 0.717) is 12.3 Å². The summed E-state index contributed by atoms with van der Waals surface area (Å²) in [6.45, 7) is 0.690. The second kappa shape index (κ2) is 4.85. The van der Waals surface area contributed by atoms with E-state index in [9.17, 15) is 4.79 Å². The fourth-order valence-electron chi connectivity index (χ4n) is 1.89.